The van der Waals surface area contributed by atoms with Gasteiger partial charge in [0.2, 0.25) is 0 Å². The van der Waals surface area contributed by atoms with Crippen molar-refractivity contribution in [3.8, 4) is 0 Å². The molecule has 3 rings (SSSR count). The molecule has 1 saturated heterocycles. The highest BCUT2D eigenvalue weighted by atomic mass is 28.4. The molecule has 5 atom stereocenters. The van der Waals surface area contributed by atoms with Gasteiger partial charge >= 0.3 is 0 Å². The van der Waals surface area contributed by atoms with E-state index in [1.54, 1.807) is 0 Å². The summed E-state index contributed by atoms with van der Waals surface area (Å²) >= 11 is 0. The minimum Gasteiger partial charge on any atom is -0.407 e. The van der Waals surface area contributed by atoms with Crippen molar-refractivity contribution in [3.05, 3.63) is 72.8 Å². The van der Waals surface area contributed by atoms with E-state index in [2.05, 4.69) is 128 Å². The molecule has 0 spiro atoms. The van der Waals surface area contributed by atoms with Gasteiger partial charge in [0.15, 0.2) is 0 Å². The van der Waals surface area contributed by atoms with Gasteiger partial charge in [0.25, 0.3) is 8.32 Å². The average molecular weight is 507 g/mol. The van der Waals surface area contributed by atoms with Gasteiger partial charge in [-0.05, 0) is 46.5 Å². The van der Waals surface area contributed by atoms with Crippen LogP contribution in [0.25, 0.3) is 0 Å². The van der Waals surface area contributed by atoms with E-state index >= 15 is 0 Å². The predicted molar refractivity (Wildman–Crippen MR) is 158 cm³/mol. The molecule has 0 unspecified atom stereocenters. The van der Waals surface area contributed by atoms with Gasteiger partial charge in [-0.2, -0.15) is 0 Å². The summed E-state index contributed by atoms with van der Waals surface area (Å²) in [6.07, 6.45) is 8.65. The van der Waals surface area contributed by atoms with Crippen LogP contribution in [0.3, 0.4) is 0 Å². The van der Waals surface area contributed by atoms with Crippen LogP contribution in [-0.4, -0.2) is 27.1 Å². The van der Waals surface area contributed by atoms with Crippen LogP contribution in [0, 0.1) is 23.7 Å². The predicted octanol–water partition coefficient (Wildman–Crippen LogP) is 7.62. The lowest BCUT2D eigenvalue weighted by Gasteiger charge is -2.45. The van der Waals surface area contributed by atoms with Crippen molar-refractivity contribution in [2.75, 3.05) is 6.61 Å². The largest absolute Gasteiger partial charge is 0.407 e. The van der Waals surface area contributed by atoms with Crippen LogP contribution < -0.4 is 10.4 Å². The van der Waals surface area contributed by atoms with E-state index in [1.165, 1.54) is 16.8 Å². The van der Waals surface area contributed by atoms with E-state index in [0.29, 0.717) is 23.7 Å². The maximum atomic E-state index is 7.32. The zero-order valence-electron chi connectivity index (χ0n) is 24.0. The monoisotopic (exact) mass is 506 g/mol. The summed E-state index contributed by atoms with van der Waals surface area (Å²) in [5, 5.41) is 2.69. The fourth-order valence-corrected chi connectivity index (χ4v) is 10.6. The third-order valence-electron chi connectivity index (χ3n) is 8.10. The second kappa shape index (κ2) is 12.7. The van der Waals surface area contributed by atoms with Gasteiger partial charge in [-0.1, -0.05) is 128 Å². The minimum atomic E-state index is -2.54. The number of rotatable bonds is 10. The third kappa shape index (κ3) is 6.60. The van der Waals surface area contributed by atoms with E-state index in [4.69, 9.17) is 9.16 Å². The summed E-state index contributed by atoms with van der Waals surface area (Å²) in [5.74, 6) is 1.98. The Kier molecular flexibility index (Phi) is 10.2. The highest BCUT2D eigenvalue weighted by Crippen LogP contribution is 2.39. The van der Waals surface area contributed by atoms with Crippen molar-refractivity contribution in [3.63, 3.8) is 0 Å². The molecular weight excluding hydrogens is 456 g/mol. The van der Waals surface area contributed by atoms with Crippen LogP contribution in [0.4, 0.5) is 0 Å². The van der Waals surface area contributed by atoms with E-state index < -0.39 is 8.32 Å². The molecule has 1 heterocycles. The highest BCUT2D eigenvalue weighted by molar-refractivity contribution is 6.99. The van der Waals surface area contributed by atoms with E-state index in [9.17, 15) is 0 Å². The number of ether oxygens (including phenoxy) is 1. The van der Waals surface area contributed by atoms with Gasteiger partial charge in [-0.3, -0.25) is 0 Å². The molecule has 198 valence electrons. The summed E-state index contributed by atoms with van der Waals surface area (Å²) in [4.78, 5) is 0. The van der Waals surface area contributed by atoms with E-state index in [0.717, 1.165) is 19.4 Å². The Morgan fingerprint density at radius 3 is 1.94 bits per heavy atom. The Hall–Kier alpha value is -1.68. The smallest absolute Gasteiger partial charge is 0.261 e. The summed E-state index contributed by atoms with van der Waals surface area (Å²) < 4.78 is 14.2. The number of benzene rings is 2. The van der Waals surface area contributed by atoms with Crippen LogP contribution in [0.1, 0.15) is 74.7 Å². The van der Waals surface area contributed by atoms with E-state index in [-0.39, 0.29) is 17.2 Å². The average Bonchev–Trinajstić information content (AvgIpc) is 2.86. The Balaban J connectivity index is 1.88. The van der Waals surface area contributed by atoms with Gasteiger partial charge in [0.05, 0.1) is 12.2 Å². The molecular formula is C33H50O2Si. The summed E-state index contributed by atoms with van der Waals surface area (Å²) in [5.41, 5.74) is 0. The van der Waals surface area contributed by atoms with E-state index in [1.807, 2.05) is 0 Å². The first-order valence-electron chi connectivity index (χ1n) is 14.2. The molecule has 2 nitrogen and oxygen atoms in total. The first-order valence-corrected chi connectivity index (χ1v) is 16.1. The van der Waals surface area contributed by atoms with Crippen molar-refractivity contribution in [1.82, 2.24) is 0 Å². The van der Waals surface area contributed by atoms with Gasteiger partial charge in [-0.15, -0.1) is 0 Å². The van der Waals surface area contributed by atoms with Crippen molar-refractivity contribution >= 4 is 18.7 Å². The van der Waals surface area contributed by atoms with Gasteiger partial charge in [0, 0.05) is 18.4 Å². The maximum Gasteiger partial charge on any atom is 0.261 e. The molecule has 3 heteroatoms. The lowest BCUT2D eigenvalue weighted by Crippen LogP contribution is -2.67. The molecule has 1 fully saturated rings. The van der Waals surface area contributed by atoms with Crippen LogP contribution in [0.5, 0.6) is 0 Å². The molecule has 2 aromatic rings. The summed E-state index contributed by atoms with van der Waals surface area (Å²) in [7, 11) is -2.54. The lowest BCUT2D eigenvalue weighted by atomic mass is 9.83. The number of hydrogen-bond donors (Lipinski definition) is 0. The fraction of sp³-hybridized carbons (Fsp3) is 0.576. The van der Waals surface area contributed by atoms with Crippen LogP contribution in [-0.2, 0) is 9.16 Å². The molecule has 1 aliphatic heterocycles. The van der Waals surface area contributed by atoms with Gasteiger partial charge in [0.1, 0.15) is 0 Å². The minimum absolute atomic E-state index is 0.00533. The van der Waals surface area contributed by atoms with Crippen molar-refractivity contribution in [1.29, 1.82) is 0 Å². The SMILES string of the molecule is CC[C@@H](CO[Si](c1ccccc1)(c1ccccc1)C(C)(C)C)[C@H]1CC[C@H](C)[C@H]([C@H](C)/C=C/C(C)C)O1. The first-order chi connectivity index (χ1) is 17.1. The normalized spacial score (nSPS) is 23.2. The highest BCUT2D eigenvalue weighted by Gasteiger charge is 2.50. The molecule has 0 saturated carbocycles. The van der Waals surface area contributed by atoms with Crippen LogP contribution in [0.15, 0.2) is 72.8 Å². The van der Waals surface area contributed by atoms with Crippen molar-refractivity contribution in [2.45, 2.75) is 91.9 Å². The van der Waals surface area contributed by atoms with Crippen molar-refractivity contribution in [2.24, 2.45) is 23.7 Å². The Bertz CT molecular complexity index is 892. The Morgan fingerprint density at radius 2 is 1.47 bits per heavy atom. The zero-order chi connectivity index (χ0) is 26.3. The maximum absolute atomic E-state index is 7.32. The standard InChI is InChI=1S/C33H50O2Si/c1-9-28(31-23-22-27(5)32(35-31)26(4)21-20-25(2)3)24-34-36(33(6,7)8,29-16-12-10-13-17-29)30-18-14-11-15-19-30/h10-21,25-28,31-32H,9,22-24H2,1-8H3/b21-20+/t26-,27+,28+,31-,32+/m1/s1. The molecule has 0 N–H and O–H groups in total. The molecule has 2 aromatic carbocycles. The van der Waals surface area contributed by atoms with Gasteiger partial charge < -0.3 is 9.16 Å². The van der Waals surface area contributed by atoms with Crippen molar-refractivity contribution < 1.29 is 9.16 Å². The number of allylic oxidation sites excluding steroid dienone is 1. The first kappa shape index (κ1) is 28.9. The zero-order valence-corrected chi connectivity index (χ0v) is 25.0. The fourth-order valence-electron chi connectivity index (χ4n) is 5.97. The van der Waals surface area contributed by atoms with Gasteiger partial charge in [-0.25, -0.2) is 0 Å². The van der Waals surface area contributed by atoms with Crippen LogP contribution >= 0.6 is 0 Å². The topological polar surface area (TPSA) is 18.5 Å². The molecule has 0 aromatic heterocycles. The lowest BCUT2D eigenvalue weighted by molar-refractivity contribution is -0.122. The number of hydrogen-bond acceptors (Lipinski definition) is 2. The summed E-state index contributed by atoms with van der Waals surface area (Å²) in [6, 6.07) is 22.0. The van der Waals surface area contributed by atoms with Crippen LogP contribution in [0.2, 0.25) is 5.04 Å². The summed E-state index contributed by atoms with van der Waals surface area (Å²) in [6.45, 7) is 19.3. The molecule has 1 aliphatic rings. The molecule has 0 bridgehead atoms. The molecule has 0 radical (unpaired) electrons. The molecule has 0 amide bonds. The Labute approximate surface area is 222 Å². The quantitative estimate of drug-likeness (QED) is 0.244. The Morgan fingerprint density at radius 1 is 0.917 bits per heavy atom. The molecule has 0 aliphatic carbocycles. The third-order valence-corrected chi connectivity index (χ3v) is 13.1. The molecule has 36 heavy (non-hydrogen) atoms. The second-order valence-electron chi connectivity index (χ2n) is 12.3. The second-order valence-corrected chi connectivity index (χ2v) is 16.6.